The first-order valence-electron chi connectivity index (χ1n) is 10.7. The second-order valence-corrected chi connectivity index (χ2v) is 9.11. The number of para-hydroxylation sites is 1. The fourth-order valence-corrected chi connectivity index (χ4v) is 4.77. The lowest BCUT2D eigenvalue weighted by Crippen LogP contribution is -2.49. The van der Waals surface area contributed by atoms with Crippen LogP contribution in [0.25, 0.3) is 0 Å². The normalized spacial score (nSPS) is 25.8. The first-order valence-corrected chi connectivity index (χ1v) is 10.7. The van der Waals surface area contributed by atoms with Gasteiger partial charge in [-0.25, -0.2) is 4.79 Å². The minimum atomic E-state index is -0.596. The topological polar surface area (TPSA) is 65.1 Å². The summed E-state index contributed by atoms with van der Waals surface area (Å²) in [5, 5.41) is 0. The average molecular weight is 424 g/mol. The van der Waals surface area contributed by atoms with Crippen molar-refractivity contribution in [1.82, 2.24) is 0 Å². The average Bonchev–Trinajstić information content (AvgIpc) is 3.26. The zero-order valence-electron chi connectivity index (χ0n) is 18.2. The van der Waals surface area contributed by atoms with E-state index in [0.29, 0.717) is 5.69 Å². The molecule has 164 valence electrons. The molecule has 2 bridgehead atoms. The molecule has 2 aromatic carbocycles. The number of esters is 1. The van der Waals surface area contributed by atoms with Crippen LogP contribution in [0, 0.1) is 5.41 Å². The minimum Gasteiger partial charge on any atom is -0.457 e. The van der Waals surface area contributed by atoms with E-state index in [1.54, 1.807) is 12.1 Å². The summed E-state index contributed by atoms with van der Waals surface area (Å²) in [6, 6.07) is 18.4. The van der Waals surface area contributed by atoms with Gasteiger partial charge in [-0.1, -0.05) is 62.4 Å². The molecule has 2 aliphatic heterocycles. The van der Waals surface area contributed by atoms with E-state index in [1.807, 2.05) is 55.5 Å². The maximum absolute atomic E-state index is 12.9. The minimum absolute atomic E-state index is 0.0800. The van der Waals surface area contributed by atoms with Gasteiger partial charge in [-0.2, -0.15) is 0 Å². The van der Waals surface area contributed by atoms with E-state index in [4.69, 9.17) is 14.2 Å². The summed E-state index contributed by atoms with van der Waals surface area (Å²) in [4.78, 5) is 27.1. The molecule has 31 heavy (non-hydrogen) atoms. The molecule has 6 nitrogen and oxygen atoms in total. The third-order valence-electron chi connectivity index (χ3n) is 6.40. The zero-order chi connectivity index (χ0) is 22.1. The zero-order valence-corrected chi connectivity index (χ0v) is 18.2. The van der Waals surface area contributed by atoms with Gasteiger partial charge in [0.05, 0.1) is 6.10 Å². The van der Waals surface area contributed by atoms with Crippen LogP contribution in [0.2, 0.25) is 0 Å². The molecule has 2 aromatic rings. The summed E-state index contributed by atoms with van der Waals surface area (Å²) < 4.78 is 17.5. The molecule has 0 aliphatic carbocycles. The highest BCUT2D eigenvalue weighted by atomic mass is 16.6. The summed E-state index contributed by atoms with van der Waals surface area (Å²) in [6.45, 7) is 6.04. The largest absolute Gasteiger partial charge is 0.457 e. The van der Waals surface area contributed by atoms with Gasteiger partial charge in [-0.15, -0.1) is 0 Å². The molecule has 0 spiro atoms. The van der Waals surface area contributed by atoms with E-state index < -0.39 is 17.7 Å². The SMILES string of the molecule is CC12CCC(O1)C(C)(C)C2OC(=O)CN(C(=O)OCc1ccccc1)c1ccccc1. The Balaban J connectivity index is 1.46. The number of rotatable bonds is 6. The molecule has 0 N–H and O–H groups in total. The van der Waals surface area contributed by atoms with Crippen LogP contribution >= 0.6 is 0 Å². The van der Waals surface area contributed by atoms with Crippen molar-refractivity contribution in [2.24, 2.45) is 5.41 Å². The molecule has 3 atom stereocenters. The lowest BCUT2D eigenvalue weighted by Gasteiger charge is -2.38. The Morgan fingerprint density at radius 3 is 2.29 bits per heavy atom. The fourth-order valence-electron chi connectivity index (χ4n) is 4.77. The van der Waals surface area contributed by atoms with Crippen LogP contribution in [0.1, 0.15) is 39.2 Å². The summed E-state index contributed by atoms with van der Waals surface area (Å²) in [7, 11) is 0. The number of ether oxygens (including phenoxy) is 3. The predicted molar refractivity (Wildman–Crippen MR) is 117 cm³/mol. The van der Waals surface area contributed by atoms with Crippen molar-refractivity contribution in [3.05, 3.63) is 66.2 Å². The molecule has 3 unspecified atom stereocenters. The Bertz CT molecular complexity index is 925. The van der Waals surface area contributed by atoms with E-state index in [-0.39, 0.29) is 30.8 Å². The van der Waals surface area contributed by atoms with E-state index in [2.05, 4.69) is 13.8 Å². The number of anilines is 1. The Morgan fingerprint density at radius 2 is 1.68 bits per heavy atom. The first kappa shape index (κ1) is 21.4. The van der Waals surface area contributed by atoms with Gasteiger partial charge >= 0.3 is 12.1 Å². The van der Waals surface area contributed by atoms with Gasteiger partial charge < -0.3 is 14.2 Å². The molecular weight excluding hydrogens is 394 g/mol. The van der Waals surface area contributed by atoms with Crippen molar-refractivity contribution in [2.45, 2.75) is 58.0 Å². The summed E-state index contributed by atoms with van der Waals surface area (Å²) in [6.07, 6.45) is 0.960. The second-order valence-electron chi connectivity index (χ2n) is 9.11. The molecule has 4 rings (SSSR count). The van der Waals surface area contributed by atoms with E-state index >= 15 is 0 Å². The van der Waals surface area contributed by atoms with E-state index in [0.717, 1.165) is 18.4 Å². The smallest absolute Gasteiger partial charge is 0.415 e. The van der Waals surface area contributed by atoms with Crippen molar-refractivity contribution in [3.8, 4) is 0 Å². The predicted octanol–water partition coefficient (Wildman–Crippen LogP) is 4.72. The van der Waals surface area contributed by atoms with Crippen molar-refractivity contribution in [3.63, 3.8) is 0 Å². The van der Waals surface area contributed by atoms with Gasteiger partial charge in [0.15, 0.2) is 0 Å². The van der Waals surface area contributed by atoms with Crippen molar-refractivity contribution in [1.29, 1.82) is 0 Å². The van der Waals surface area contributed by atoms with Crippen LogP contribution in [-0.4, -0.2) is 36.4 Å². The Labute approximate surface area is 183 Å². The monoisotopic (exact) mass is 423 g/mol. The summed E-state index contributed by atoms with van der Waals surface area (Å²) in [5.41, 5.74) is 0.705. The highest BCUT2D eigenvalue weighted by Gasteiger charge is 2.63. The van der Waals surface area contributed by atoms with Gasteiger partial charge in [0.2, 0.25) is 0 Å². The molecule has 2 saturated heterocycles. The van der Waals surface area contributed by atoms with E-state index in [1.165, 1.54) is 4.90 Å². The van der Waals surface area contributed by atoms with Crippen LogP contribution in [0.4, 0.5) is 10.5 Å². The number of carbonyl (C=O) groups excluding carboxylic acids is 2. The quantitative estimate of drug-likeness (QED) is 0.629. The molecule has 2 fully saturated rings. The highest BCUT2D eigenvalue weighted by molar-refractivity contribution is 5.93. The van der Waals surface area contributed by atoms with Crippen molar-refractivity contribution >= 4 is 17.7 Å². The Morgan fingerprint density at radius 1 is 1.03 bits per heavy atom. The number of hydrogen-bond donors (Lipinski definition) is 0. The maximum Gasteiger partial charge on any atom is 0.415 e. The standard InChI is InChI=1S/C25H29NO5/c1-24(2)20-14-15-25(3,31-20)22(24)30-21(27)16-26(19-12-8-5-9-13-19)23(28)29-17-18-10-6-4-7-11-18/h4-13,20,22H,14-17H2,1-3H3. The molecule has 0 saturated carbocycles. The summed E-state index contributed by atoms with van der Waals surface area (Å²) >= 11 is 0. The summed E-state index contributed by atoms with van der Waals surface area (Å²) in [5.74, 6) is -0.476. The number of amides is 1. The van der Waals surface area contributed by atoms with Crippen LogP contribution in [0.5, 0.6) is 0 Å². The van der Waals surface area contributed by atoms with Crippen molar-refractivity contribution in [2.75, 3.05) is 11.4 Å². The highest BCUT2D eigenvalue weighted by Crippen LogP contribution is 2.54. The van der Waals surface area contributed by atoms with Gasteiger partial charge in [-0.3, -0.25) is 9.69 Å². The molecule has 2 heterocycles. The second kappa shape index (κ2) is 8.35. The first-order chi connectivity index (χ1) is 14.8. The van der Waals surface area contributed by atoms with Crippen molar-refractivity contribution < 1.29 is 23.8 Å². The lowest BCUT2D eigenvalue weighted by atomic mass is 9.70. The number of fused-ring (bicyclic) bond motifs is 2. The lowest BCUT2D eigenvalue weighted by molar-refractivity contribution is -0.160. The number of carbonyl (C=O) groups is 2. The van der Waals surface area contributed by atoms with Gasteiger partial charge in [0.25, 0.3) is 0 Å². The fraction of sp³-hybridized carbons (Fsp3) is 0.440. The van der Waals surface area contributed by atoms with Crippen LogP contribution in [0.15, 0.2) is 60.7 Å². The van der Waals surface area contributed by atoms with E-state index in [9.17, 15) is 9.59 Å². The Hall–Kier alpha value is -2.86. The molecule has 0 aromatic heterocycles. The van der Waals surface area contributed by atoms with Gasteiger partial charge in [0.1, 0.15) is 24.9 Å². The number of nitrogens with zero attached hydrogens (tertiary/aromatic N) is 1. The van der Waals surface area contributed by atoms with Crippen LogP contribution in [-0.2, 0) is 25.6 Å². The third kappa shape index (κ3) is 4.30. The molecule has 0 radical (unpaired) electrons. The van der Waals surface area contributed by atoms with Crippen LogP contribution < -0.4 is 4.90 Å². The molecule has 1 amide bonds. The Kier molecular flexibility index (Phi) is 5.75. The van der Waals surface area contributed by atoms with Crippen LogP contribution in [0.3, 0.4) is 0 Å². The number of benzene rings is 2. The molecule has 2 aliphatic rings. The molecular formula is C25H29NO5. The maximum atomic E-state index is 12.9. The third-order valence-corrected chi connectivity index (χ3v) is 6.40. The number of hydrogen-bond acceptors (Lipinski definition) is 5. The van der Waals surface area contributed by atoms with Gasteiger partial charge in [-0.05, 0) is 37.5 Å². The van der Waals surface area contributed by atoms with Gasteiger partial charge in [0, 0.05) is 11.1 Å². The molecule has 6 heteroatoms.